The van der Waals surface area contributed by atoms with Crippen molar-refractivity contribution in [1.29, 1.82) is 0 Å². The fourth-order valence-electron chi connectivity index (χ4n) is 1.40. The van der Waals surface area contributed by atoms with Gasteiger partial charge in [0.1, 0.15) is 5.82 Å². The summed E-state index contributed by atoms with van der Waals surface area (Å²) in [6.45, 7) is 0. The lowest BCUT2D eigenvalue weighted by Crippen LogP contribution is -2.02. The molecule has 0 atom stereocenters. The Morgan fingerprint density at radius 1 is 1.27 bits per heavy atom. The molecule has 2 rings (SSSR count). The van der Waals surface area contributed by atoms with E-state index in [9.17, 15) is 0 Å². The van der Waals surface area contributed by atoms with Crippen LogP contribution in [0.4, 0.5) is 5.82 Å². The Kier molecular flexibility index (Phi) is 2.51. The smallest absolute Gasteiger partial charge is 0.201 e. The van der Waals surface area contributed by atoms with Gasteiger partial charge < -0.3 is 10.3 Å². The van der Waals surface area contributed by atoms with Crippen LogP contribution >= 0.6 is 12.2 Å². The number of hydrogen-bond acceptors (Lipinski definition) is 3. The Bertz CT molecular complexity index is 531. The Balaban J connectivity index is 2.64. The Morgan fingerprint density at radius 3 is 2.60 bits per heavy atom. The van der Waals surface area contributed by atoms with Crippen LogP contribution in [0.25, 0.3) is 11.1 Å². The lowest BCUT2D eigenvalue weighted by molar-refractivity contribution is 0.849. The minimum atomic E-state index is 0.476. The van der Waals surface area contributed by atoms with Crippen LogP contribution in [0.15, 0.2) is 36.5 Å². The van der Waals surface area contributed by atoms with Crippen molar-refractivity contribution >= 4 is 18.0 Å². The molecule has 0 spiro atoms. The number of rotatable bonds is 1. The van der Waals surface area contributed by atoms with Crippen molar-refractivity contribution in [3.63, 3.8) is 0 Å². The summed E-state index contributed by atoms with van der Waals surface area (Å²) in [5.41, 5.74) is 7.79. The molecule has 0 saturated heterocycles. The zero-order valence-electron chi connectivity index (χ0n) is 8.34. The predicted molar refractivity (Wildman–Crippen MR) is 63.9 cm³/mol. The fraction of sp³-hybridized carbons (Fsp3) is 0.0909. The van der Waals surface area contributed by atoms with E-state index >= 15 is 0 Å². The van der Waals surface area contributed by atoms with E-state index in [1.54, 1.807) is 4.57 Å². The van der Waals surface area contributed by atoms with E-state index in [2.05, 4.69) is 4.98 Å². The van der Waals surface area contributed by atoms with E-state index in [4.69, 9.17) is 18.0 Å². The van der Waals surface area contributed by atoms with Gasteiger partial charge in [0.05, 0.1) is 0 Å². The molecule has 0 fully saturated rings. The molecule has 0 unspecified atom stereocenters. The summed E-state index contributed by atoms with van der Waals surface area (Å²) in [6.07, 6.45) is 1.90. The van der Waals surface area contributed by atoms with Crippen molar-refractivity contribution in [1.82, 2.24) is 9.55 Å². The first kappa shape index (κ1) is 9.86. The summed E-state index contributed by atoms with van der Waals surface area (Å²) in [6, 6.07) is 9.90. The number of nitrogen functional groups attached to an aromatic ring is 1. The number of aromatic nitrogens is 2. The largest absolute Gasteiger partial charge is 0.383 e. The average molecular weight is 217 g/mol. The molecule has 0 saturated carbocycles. The van der Waals surface area contributed by atoms with E-state index in [0.717, 1.165) is 11.1 Å². The second-order valence-corrected chi connectivity index (χ2v) is 3.66. The molecule has 1 heterocycles. The van der Waals surface area contributed by atoms with E-state index in [0.29, 0.717) is 10.6 Å². The number of hydrogen-bond donors (Lipinski definition) is 1. The van der Waals surface area contributed by atoms with Crippen molar-refractivity contribution in [3.05, 3.63) is 41.3 Å². The zero-order valence-corrected chi connectivity index (χ0v) is 9.16. The Hall–Kier alpha value is -1.68. The van der Waals surface area contributed by atoms with Gasteiger partial charge in [-0.2, -0.15) is 0 Å². The normalized spacial score (nSPS) is 10.2. The molecule has 2 N–H and O–H groups in total. The van der Waals surface area contributed by atoms with Crippen LogP contribution in [0.3, 0.4) is 0 Å². The van der Waals surface area contributed by atoms with E-state index in [-0.39, 0.29) is 0 Å². The van der Waals surface area contributed by atoms with Gasteiger partial charge in [-0.3, -0.25) is 0 Å². The van der Waals surface area contributed by atoms with Crippen LogP contribution in [0.5, 0.6) is 0 Å². The van der Waals surface area contributed by atoms with Gasteiger partial charge in [-0.1, -0.05) is 30.3 Å². The Morgan fingerprint density at radius 2 is 1.93 bits per heavy atom. The van der Waals surface area contributed by atoms with Gasteiger partial charge in [0.2, 0.25) is 4.77 Å². The summed E-state index contributed by atoms with van der Waals surface area (Å²) in [4.78, 5) is 4.11. The summed E-state index contributed by atoms with van der Waals surface area (Å²) >= 11 is 5.02. The van der Waals surface area contributed by atoms with Crippen LogP contribution in [-0.4, -0.2) is 9.55 Å². The maximum absolute atomic E-state index is 5.83. The number of aryl methyl sites for hydroxylation is 1. The molecule has 1 aromatic heterocycles. The molecule has 0 aliphatic carbocycles. The molecule has 2 aromatic rings. The minimum absolute atomic E-state index is 0.476. The van der Waals surface area contributed by atoms with Crippen molar-refractivity contribution in [2.45, 2.75) is 0 Å². The lowest BCUT2D eigenvalue weighted by Gasteiger charge is -2.07. The van der Waals surface area contributed by atoms with E-state index in [1.165, 1.54) is 0 Å². The number of benzene rings is 1. The number of nitrogens with two attached hydrogens (primary N) is 1. The highest BCUT2D eigenvalue weighted by Gasteiger charge is 2.03. The van der Waals surface area contributed by atoms with Crippen molar-refractivity contribution in [2.24, 2.45) is 7.05 Å². The molecular weight excluding hydrogens is 206 g/mol. The van der Waals surface area contributed by atoms with Crippen LogP contribution in [0.1, 0.15) is 0 Å². The molecule has 4 heteroatoms. The summed E-state index contributed by atoms with van der Waals surface area (Å²) in [5.74, 6) is 0.476. The van der Waals surface area contributed by atoms with Crippen molar-refractivity contribution < 1.29 is 0 Å². The highest BCUT2D eigenvalue weighted by molar-refractivity contribution is 7.71. The molecule has 3 nitrogen and oxygen atoms in total. The fourth-order valence-corrected chi connectivity index (χ4v) is 1.55. The Labute approximate surface area is 93.2 Å². The van der Waals surface area contributed by atoms with Gasteiger partial charge in [-0.25, -0.2) is 4.98 Å². The first-order valence-corrected chi connectivity index (χ1v) is 4.98. The van der Waals surface area contributed by atoms with Crippen LogP contribution < -0.4 is 5.73 Å². The molecular formula is C11H11N3S. The molecule has 0 radical (unpaired) electrons. The van der Waals surface area contributed by atoms with E-state index in [1.807, 2.05) is 43.6 Å². The SMILES string of the molecule is Cn1cc(-c2ccccc2)c(N)nc1=S. The highest BCUT2D eigenvalue weighted by atomic mass is 32.1. The van der Waals surface area contributed by atoms with Crippen LogP contribution in [-0.2, 0) is 7.05 Å². The zero-order chi connectivity index (χ0) is 10.8. The second-order valence-electron chi connectivity index (χ2n) is 3.30. The monoisotopic (exact) mass is 217 g/mol. The number of nitrogens with zero attached hydrogens (tertiary/aromatic N) is 2. The molecule has 76 valence electrons. The van der Waals surface area contributed by atoms with Gasteiger partial charge in [0, 0.05) is 18.8 Å². The molecule has 15 heavy (non-hydrogen) atoms. The third kappa shape index (κ3) is 1.89. The van der Waals surface area contributed by atoms with Gasteiger partial charge >= 0.3 is 0 Å². The number of anilines is 1. The topological polar surface area (TPSA) is 43.8 Å². The maximum atomic E-state index is 5.83. The standard InChI is InChI=1S/C11H11N3S/c1-14-7-9(10(12)13-11(14)15)8-5-3-2-4-6-8/h2-7H,1H3,(H2,12,13,15). The van der Waals surface area contributed by atoms with Gasteiger partial charge in [-0.05, 0) is 17.8 Å². The predicted octanol–water partition coefficient (Wildman–Crippen LogP) is 2.40. The van der Waals surface area contributed by atoms with Gasteiger partial charge in [-0.15, -0.1) is 0 Å². The van der Waals surface area contributed by atoms with E-state index < -0.39 is 0 Å². The molecule has 1 aromatic carbocycles. The first-order chi connectivity index (χ1) is 7.18. The van der Waals surface area contributed by atoms with Gasteiger partial charge in [0.15, 0.2) is 0 Å². The quantitative estimate of drug-likeness (QED) is 0.746. The second kappa shape index (κ2) is 3.82. The third-order valence-corrected chi connectivity index (χ3v) is 2.58. The van der Waals surface area contributed by atoms with Crippen LogP contribution in [0.2, 0.25) is 0 Å². The summed E-state index contributed by atoms with van der Waals surface area (Å²) in [5, 5.41) is 0. The van der Waals surface area contributed by atoms with Crippen molar-refractivity contribution in [3.8, 4) is 11.1 Å². The molecule has 0 aliphatic rings. The molecule has 0 amide bonds. The summed E-state index contributed by atoms with van der Waals surface area (Å²) < 4.78 is 2.28. The van der Waals surface area contributed by atoms with Crippen molar-refractivity contribution in [2.75, 3.05) is 5.73 Å². The maximum Gasteiger partial charge on any atom is 0.201 e. The third-order valence-electron chi connectivity index (χ3n) is 2.20. The average Bonchev–Trinajstić information content (AvgIpc) is 2.25. The van der Waals surface area contributed by atoms with Gasteiger partial charge in [0.25, 0.3) is 0 Å². The summed E-state index contributed by atoms with van der Waals surface area (Å²) in [7, 11) is 1.86. The first-order valence-electron chi connectivity index (χ1n) is 4.57. The minimum Gasteiger partial charge on any atom is -0.383 e. The highest BCUT2D eigenvalue weighted by Crippen LogP contribution is 2.22. The van der Waals surface area contributed by atoms with Crippen LogP contribution in [0, 0.1) is 4.77 Å². The molecule has 0 bridgehead atoms. The lowest BCUT2D eigenvalue weighted by atomic mass is 10.1. The molecule has 0 aliphatic heterocycles.